The molecule has 146 valence electrons. The van der Waals surface area contributed by atoms with Crippen LogP contribution in [0.5, 0.6) is 5.75 Å². The Balaban J connectivity index is 2.63. The van der Waals surface area contributed by atoms with Gasteiger partial charge >= 0.3 is 15.6 Å². The van der Waals surface area contributed by atoms with Gasteiger partial charge in [-0.1, -0.05) is 0 Å². The van der Waals surface area contributed by atoms with Gasteiger partial charge in [-0.25, -0.2) is 8.78 Å². The highest BCUT2D eigenvalue weighted by atomic mass is 32.2. The molecular formula is C16H17F5O4S. The number of hydrogen-bond acceptors (Lipinski definition) is 4. The largest absolute Gasteiger partial charge is 0.534 e. The maximum Gasteiger partial charge on any atom is 0.534 e. The summed E-state index contributed by atoms with van der Waals surface area (Å²) in [5.41, 5.74) is -5.34. The van der Waals surface area contributed by atoms with Crippen LogP contribution in [-0.2, 0) is 20.7 Å². The fraction of sp³-hybridized carbons (Fsp3) is 0.500. The van der Waals surface area contributed by atoms with Gasteiger partial charge in [0.25, 0.3) is 0 Å². The Morgan fingerprint density at radius 1 is 1.12 bits per heavy atom. The number of halogens is 5. The Labute approximate surface area is 147 Å². The van der Waals surface area contributed by atoms with E-state index in [0.717, 1.165) is 0 Å². The predicted octanol–water partition coefficient (Wildman–Crippen LogP) is 4.65. The standard InChI is InChI=1S/C16H17F5O4S/c1-15(17,18)9-11-5-3-4-10-8-12(24-2)6-7-13(10)14(11)25-26(22,23)16(19,20)21/h6-8H,3-5,9H2,1-2H3. The van der Waals surface area contributed by atoms with Gasteiger partial charge in [-0.05, 0) is 55.5 Å². The van der Waals surface area contributed by atoms with Gasteiger partial charge in [-0.3, -0.25) is 0 Å². The first-order valence-corrected chi connectivity index (χ1v) is 9.03. The molecule has 0 aliphatic heterocycles. The number of hydrogen-bond donors (Lipinski definition) is 0. The normalized spacial score (nSPS) is 16.1. The lowest BCUT2D eigenvalue weighted by Gasteiger charge is -2.19. The Kier molecular flexibility index (Phi) is 5.55. The van der Waals surface area contributed by atoms with Crippen molar-refractivity contribution in [2.24, 2.45) is 0 Å². The Morgan fingerprint density at radius 2 is 1.77 bits per heavy atom. The van der Waals surface area contributed by atoms with Crippen LogP contribution in [0.4, 0.5) is 22.0 Å². The molecule has 0 bridgehead atoms. The molecule has 26 heavy (non-hydrogen) atoms. The molecule has 10 heteroatoms. The van der Waals surface area contributed by atoms with Crippen molar-refractivity contribution in [3.05, 3.63) is 34.9 Å². The molecule has 2 rings (SSSR count). The molecule has 1 aliphatic rings. The summed E-state index contributed by atoms with van der Waals surface area (Å²) in [4.78, 5) is 0. The highest BCUT2D eigenvalue weighted by Gasteiger charge is 2.49. The molecule has 4 nitrogen and oxygen atoms in total. The van der Waals surface area contributed by atoms with E-state index in [-0.39, 0.29) is 17.6 Å². The summed E-state index contributed by atoms with van der Waals surface area (Å²) in [5, 5.41) is 0. The van der Waals surface area contributed by atoms with Crippen LogP contribution in [0.25, 0.3) is 5.76 Å². The molecule has 0 radical (unpaired) electrons. The Hall–Kier alpha value is -1.84. The van der Waals surface area contributed by atoms with Crippen molar-refractivity contribution in [3.63, 3.8) is 0 Å². The molecule has 0 saturated carbocycles. The molecule has 1 aromatic rings. The van der Waals surface area contributed by atoms with Gasteiger partial charge in [0.05, 0.1) is 7.11 Å². The van der Waals surface area contributed by atoms with E-state index in [0.29, 0.717) is 31.1 Å². The Bertz CT molecular complexity index is 807. The minimum atomic E-state index is -5.99. The lowest BCUT2D eigenvalue weighted by atomic mass is 10.0. The summed E-state index contributed by atoms with van der Waals surface area (Å²) in [6, 6.07) is 4.23. The van der Waals surface area contributed by atoms with Gasteiger partial charge in [0.15, 0.2) is 0 Å². The topological polar surface area (TPSA) is 52.6 Å². The third-order valence-electron chi connectivity index (χ3n) is 3.80. The van der Waals surface area contributed by atoms with Gasteiger partial charge in [0.1, 0.15) is 11.5 Å². The maximum absolute atomic E-state index is 13.5. The summed E-state index contributed by atoms with van der Waals surface area (Å²) >= 11 is 0. The third-order valence-corrected chi connectivity index (χ3v) is 4.76. The number of benzene rings is 1. The van der Waals surface area contributed by atoms with Crippen LogP contribution in [0.3, 0.4) is 0 Å². The quantitative estimate of drug-likeness (QED) is 0.410. The predicted molar refractivity (Wildman–Crippen MR) is 84.1 cm³/mol. The summed E-state index contributed by atoms with van der Waals surface area (Å²) in [7, 11) is -4.60. The van der Waals surface area contributed by atoms with Crippen molar-refractivity contribution in [2.75, 3.05) is 7.11 Å². The number of fused-ring (bicyclic) bond motifs is 1. The second-order valence-electron chi connectivity index (χ2n) is 6.04. The van der Waals surface area contributed by atoms with Crippen LogP contribution in [-0.4, -0.2) is 27.0 Å². The molecule has 1 aliphatic carbocycles. The van der Waals surface area contributed by atoms with Crippen molar-refractivity contribution in [1.82, 2.24) is 0 Å². The second kappa shape index (κ2) is 7.05. The van der Waals surface area contributed by atoms with Gasteiger partial charge in [0, 0.05) is 12.0 Å². The maximum atomic E-state index is 13.5. The zero-order chi connectivity index (χ0) is 19.8. The van der Waals surface area contributed by atoms with Crippen molar-refractivity contribution >= 4 is 15.9 Å². The number of methoxy groups -OCH3 is 1. The fourth-order valence-electron chi connectivity index (χ4n) is 2.73. The first-order valence-electron chi connectivity index (χ1n) is 7.62. The molecule has 0 spiro atoms. The average molecular weight is 400 g/mol. The lowest BCUT2D eigenvalue weighted by molar-refractivity contribution is -0.0509. The van der Waals surface area contributed by atoms with Gasteiger partial charge in [-0.15, -0.1) is 0 Å². The highest BCUT2D eigenvalue weighted by molar-refractivity contribution is 7.87. The molecular weight excluding hydrogens is 383 g/mol. The number of ether oxygens (including phenoxy) is 1. The lowest BCUT2D eigenvalue weighted by Crippen LogP contribution is -2.26. The fourth-order valence-corrected chi connectivity index (χ4v) is 3.25. The summed E-state index contributed by atoms with van der Waals surface area (Å²) in [6.45, 7) is 0.607. The average Bonchev–Trinajstić information content (AvgIpc) is 2.64. The van der Waals surface area contributed by atoms with E-state index in [9.17, 15) is 30.4 Å². The van der Waals surface area contributed by atoms with Crippen LogP contribution >= 0.6 is 0 Å². The van der Waals surface area contributed by atoms with E-state index >= 15 is 0 Å². The van der Waals surface area contributed by atoms with Crippen LogP contribution in [0.15, 0.2) is 23.8 Å². The third kappa shape index (κ3) is 4.66. The van der Waals surface area contributed by atoms with Crippen molar-refractivity contribution in [3.8, 4) is 5.75 Å². The minimum Gasteiger partial charge on any atom is -0.497 e. The van der Waals surface area contributed by atoms with Gasteiger partial charge in [-0.2, -0.15) is 21.6 Å². The SMILES string of the molecule is COc1ccc2c(c1)CCCC(CC(C)(F)F)=C2OS(=O)(=O)C(F)(F)F. The molecule has 0 fully saturated rings. The Morgan fingerprint density at radius 3 is 2.31 bits per heavy atom. The first-order chi connectivity index (χ1) is 11.8. The molecule has 0 N–H and O–H groups in total. The minimum absolute atomic E-state index is 0.0108. The summed E-state index contributed by atoms with van der Waals surface area (Å²) in [5.74, 6) is -3.51. The summed E-state index contributed by atoms with van der Waals surface area (Å²) in [6.07, 6.45) is -0.209. The zero-order valence-corrected chi connectivity index (χ0v) is 14.8. The first kappa shape index (κ1) is 20.5. The van der Waals surface area contributed by atoms with Crippen LogP contribution in [0, 0.1) is 0 Å². The van der Waals surface area contributed by atoms with Crippen LogP contribution in [0.2, 0.25) is 0 Å². The molecule has 0 atom stereocenters. The zero-order valence-electron chi connectivity index (χ0n) is 14.0. The number of aryl methyl sites for hydroxylation is 1. The monoisotopic (exact) mass is 400 g/mol. The number of rotatable bonds is 5. The number of allylic oxidation sites excluding steroid dienone is 1. The molecule has 0 aromatic heterocycles. The smallest absolute Gasteiger partial charge is 0.497 e. The van der Waals surface area contributed by atoms with Crippen molar-refractivity contribution < 1.29 is 39.3 Å². The molecule has 0 heterocycles. The molecule has 1 aromatic carbocycles. The second-order valence-corrected chi connectivity index (χ2v) is 7.58. The summed E-state index contributed by atoms with van der Waals surface area (Å²) < 4.78 is 97.6. The van der Waals surface area contributed by atoms with E-state index in [1.807, 2.05) is 0 Å². The number of alkyl halides is 5. The van der Waals surface area contributed by atoms with Crippen LogP contribution in [0.1, 0.15) is 37.3 Å². The van der Waals surface area contributed by atoms with E-state index in [1.165, 1.54) is 25.3 Å². The van der Waals surface area contributed by atoms with E-state index < -0.39 is 33.7 Å². The van der Waals surface area contributed by atoms with E-state index in [4.69, 9.17) is 4.74 Å². The van der Waals surface area contributed by atoms with Gasteiger partial charge < -0.3 is 8.92 Å². The van der Waals surface area contributed by atoms with Crippen molar-refractivity contribution in [1.29, 1.82) is 0 Å². The van der Waals surface area contributed by atoms with E-state index in [2.05, 4.69) is 4.18 Å². The van der Waals surface area contributed by atoms with Crippen LogP contribution < -0.4 is 4.74 Å². The van der Waals surface area contributed by atoms with Gasteiger partial charge in [0.2, 0.25) is 5.92 Å². The molecule has 0 unspecified atom stereocenters. The van der Waals surface area contributed by atoms with E-state index in [1.54, 1.807) is 0 Å². The van der Waals surface area contributed by atoms with Crippen molar-refractivity contribution in [2.45, 2.75) is 44.0 Å². The highest BCUT2D eigenvalue weighted by Crippen LogP contribution is 2.40. The molecule has 0 amide bonds. The molecule has 0 saturated heterocycles.